The second kappa shape index (κ2) is 7.52. The van der Waals surface area contributed by atoms with Crippen molar-refractivity contribution in [2.75, 3.05) is 5.32 Å². The summed E-state index contributed by atoms with van der Waals surface area (Å²) in [5, 5.41) is 2.67. The number of halogens is 2. The van der Waals surface area contributed by atoms with Gasteiger partial charge in [0, 0.05) is 10.4 Å². The third kappa shape index (κ3) is 4.41. The highest BCUT2D eigenvalue weighted by molar-refractivity contribution is 9.10. The molecule has 2 nitrogen and oxygen atoms in total. The molecule has 100 valence electrons. The van der Waals surface area contributed by atoms with Crippen molar-refractivity contribution in [3.05, 3.63) is 28.5 Å². The van der Waals surface area contributed by atoms with Crippen LogP contribution >= 0.6 is 15.9 Å². The van der Waals surface area contributed by atoms with Gasteiger partial charge in [0.15, 0.2) is 0 Å². The number of benzene rings is 1. The van der Waals surface area contributed by atoms with Crippen LogP contribution in [-0.2, 0) is 4.79 Å². The average Bonchev–Trinajstić information content (AvgIpc) is 2.32. The van der Waals surface area contributed by atoms with Crippen LogP contribution in [0.2, 0.25) is 0 Å². The minimum absolute atomic E-state index is 0.0250. The van der Waals surface area contributed by atoms with Gasteiger partial charge in [-0.15, -0.1) is 0 Å². The Morgan fingerprint density at radius 2 is 1.94 bits per heavy atom. The maximum atomic E-state index is 13.6. The highest BCUT2D eigenvalue weighted by Gasteiger charge is 2.17. The quantitative estimate of drug-likeness (QED) is 0.807. The number of hydrogen-bond acceptors (Lipinski definition) is 1. The molecule has 18 heavy (non-hydrogen) atoms. The molecule has 0 unspecified atom stereocenters. The zero-order valence-corrected chi connectivity index (χ0v) is 12.4. The Bertz CT molecular complexity index is 403. The lowest BCUT2D eigenvalue weighted by Crippen LogP contribution is -2.23. The predicted octanol–water partition coefficient (Wildman–Crippen LogP) is 4.74. The molecule has 0 aliphatic rings. The number of rotatable bonds is 6. The molecule has 4 heteroatoms. The normalized spacial score (nSPS) is 10.7. The van der Waals surface area contributed by atoms with Crippen molar-refractivity contribution in [3.8, 4) is 0 Å². The first kappa shape index (κ1) is 15.2. The van der Waals surface area contributed by atoms with Crippen LogP contribution in [0.3, 0.4) is 0 Å². The lowest BCUT2D eigenvalue weighted by molar-refractivity contribution is -0.120. The van der Waals surface area contributed by atoms with Gasteiger partial charge in [-0.2, -0.15) is 0 Å². The molecule has 0 radical (unpaired) electrons. The number of anilines is 1. The molecule has 0 aromatic heterocycles. The summed E-state index contributed by atoms with van der Waals surface area (Å²) in [6.07, 6.45) is 3.61. The summed E-state index contributed by atoms with van der Waals surface area (Å²) in [5.41, 5.74) is 0.250. The second-order valence-electron chi connectivity index (χ2n) is 4.39. The monoisotopic (exact) mass is 315 g/mol. The van der Waals surface area contributed by atoms with Crippen molar-refractivity contribution in [1.29, 1.82) is 0 Å². The summed E-state index contributed by atoms with van der Waals surface area (Å²) >= 11 is 3.19. The van der Waals surface area contributed by atoms with Crippen LogP contribution in [0.5, 0.6) is 0 Å². The Hall–Kier alpha value is -0.900. The van der Waals surface area contributed by atoms with Crippen LogP contribution in [0.25, 0.3) is 0 Å². The average molecular weight is 316 g/mol. The highest BCUT2D eigenvalue weighted by Crippen LogP contribution is 2.21. The zero-order chi connectivity index (χ0) is 13.5. The van der Waals surface area contributed by atoms with Crippen LogP contribution in [0.15, 0.2) is 22.7 Å². The number of carbonyl (C=O) groups is 1. The molecule has 1 aromatic carbocycles. The third-order valence-electron chi connectivity index (χ3n) is 2.83. The Morgan fingerprint density at radius 3 is 2.44 bits per heavy atom. The summed E-state index contributed by atoms with van der Waals surface area (Å²) in [5.74, 6) is -0.521. The zero-order valence-electron chi connectivity index (χ0n) is 10.8. The van der Waals surface area contributed by atoms with E-state index in [1.165, 1.54) is 6.07 Å². The molecule has 0 bridgehead atoms. The van der Waals surface area contributed by atoms with Crippen LogP contribution in [0.4, 0.5) is 10.1 Å². The standard InChI is InChI=1S/C14H19BrFNO/c1-3-5-10(6-4-2)14(18)17-13-8-7-11(15)9-12(13)16/h7-10H,3-6H2,1-2H3,(H,17,18). The molecule has 1 amide bonds. The Kier molecular flexibility index (Phi) is 6.33. The largest absolute Gasteiger partial charge is 0.323 e. The topological polar surface area (TPSA) is 29.1 Å². The number of carbonyl (C=O) groups excluding carboxylic acids is 1. The van der Waals surface area contributed by atoms with Crippen LogP contribution < -0.4 is 5.32 Å². The Balaban J connectivity index is 2.72. The van der Waals surface area contributed by atoms with Gasteiger partial charge < -0.3 is 5.32 Å². The van der Waals surface area contributed by atoms with Crippen LogP contribution in [0, 0.1) is 11.7 Å². The SMILES string of the molecule is CCCC(CCC)C(=O)Nc1ccc(Br)cc1F. The predicted molar refractivity (Wildman–Crippen MR) is 76.0 cm³/mol. The van der Waals surface area contributed by atoms with E-state index in [9.17, 15) is 9.18 Å². The van der Waals surface area contributed by atoms with Gasteiger partial charge in [0.1, 0.15) is 5.82 Å². The highest BCUT2D eigenvalue weighted by atomic mass is 79.9. The minimum atomic E-state index is -0.413. The van der Waals surface area contributed by atoms with E-state index in [0.717, 1.165) is 25.7 Å². The van der Waals surface area contributed by atoms with Gasteiger partial charge in [-0.05, 0) is 31.0 Å². The first-order valence-corrected chi connectivity index (χ1v) is 7.13. The van der Waals surface area contributed by atoms with E-state index in [1.54, 1.807) is 12.1 Å². The second-order valence-corrected chi connectivity index (χ2v) is 5.30. The number of nitrogens with one attached hydrogen (secondary N) is 1. The molecule has 0 saturated heterocycles. The van der Waals surface area contributed by atoms with Crippen molar-refractivity contribution in [1.82, 2.24) is 0 Å². The molecule has 1 rings (SSSR count). The van der Waals surface area contributed by atoms with E-state index in [4.69, 9.17) is 0 Å². The van der Waals surface area contributed by atoms with Crippen LogP contribution in [-0.4, -0.2) is 5.91 Å². The van der Waals surface area contributed by atoms with E-state index >= 15 is 0 Å². The summed E-state index contributed by atoms with van der Waals surface area (Å²) in [6, 6.07) is 4.64. The van der Waals surface area contributed by atoms with E-state index in [-0.39, 0.29) is 17.5 Å². The fourth-order valence-corrected chi connectivity index (χ4v) is 2.26. The summed E-state index contributed by atoms with van der Waals surface area (Å²) < 4.78 is 14.3. The molecule has 1 N–H and O–H groups in total. The molecule has 0 saturated carbocycles. The Morgan fingerprint density at radius 1 is 1.33 bits per heavy atom. The van der Waals surface area contributed by atoms with Crippen molar-refractivity contribution in [2.24, 2.45) is 5.92 Å². The van der Waals surface area contributed by atoms with Gasteiger partial charge in [-0.25, -0.2) is 4.39 Å². The van der Waals surface area contributed by atoms with E-state index in [2.05, 4.69) is 35.1 Å². The molecule has 0 fully saturated rings. The van der Waals surface area contributed by atoms with E-state index < -0.39 is 5.82 Å². The maximum Gasteiger partial charge on any atom is 0.227 e. The van der Waals surface area contributed by atoms with Crippen molar-refractivity contribution in [3.63, 3.8) is 0 Å². The number of hydrogen-bond donors (Lipinski definition) is 1. The lowest BCUT2D eigenvalue weighted by Gasteiger charge is -2.15. The molecular weight excluding hydrogens is 297 g/mol. The molecule has 0 heterocycles. The fourth-order valence-electron chi connectivity index (χ4n) is 1.93. The molecule has 0 spiro atoms. The Labute approximate surface area is 116 Å². The van der Waals surface area contributed by atoms with Gasteiger partial charge in [0.25, 0.3) is 0 Å². The van der Waals surface area contributed by atoms with E-state index in [0.29, 0.717) is 4.47 Å². The molecule has 0 aliphatic heterocycles. The number of amides is 1. The van der Waals surface area contributed by atoms with Crippen molar-refractivity contribution in [2.45, 2.75) is 39.5 Å². The third-order valence-corrected chi connectivity index (χ3v) is 3.33. The lowest BCUT2D eigenvalue weighted by atomic mass is 9.97. The first-order chi connectivity index (χ1) is 8.58. The van der Waals surface area contributed by atoms with E-state index in [1.807, 2.05) is 0 Å². The molecule has 0 aliphatic carbocycles. The summed E-state index contributed by atoms with van der Waals surface area (Å²) in [6.45, 7) is 4.10. The summed E-state index contributed by atoms with van der Waals surface area (Å²) in [4.78, 5) is 12.0. The summed E-state index contributed by atoms with van der Waals surface area (Å²) in [7, 11) is 0. The van der Waals surface area contributed by atoms with Gasteiger partial charge in [-0.1, -0.05) is 42.6 Å². The maximum absolute atomic E-state index is 13.6. The minimum Gasteiger partial charge on any atom is -0.323 e. The van der Waals surface area contributed by atoms with Crippen molar-refractivity contribution < 1.29 is 9.18 Å². The molecule has 0 atom stereocenters. The smallest absolute Gasteiger partial charge is 0.227 e. The fraction of sp³-hybridized carbons (Fsp3) is 0.500. The van der Waals surface area contributed by atoms with Gasteiger partial charge >= 0.3 is 0 Å². The van der Waals surface area contributed by atoms with Gasteiger partial charge in [-0.3, -0.25) is 4.79 Å². The first-order valence-electron chi connectivity index (χ1n) is 6.34. The van der Waals surface area contributed by atoms with Crippen molar-refractivity contribution >= 4 is 27.5 Å². The van der Waals surface area contributed by atoms with Crippen LogP contribution in [0.1, 0.15) is 39.5 Å². The molecular formula is C14H19BrFNO. The van der Waals surface area contributed by atoms with Gasteiger partial charge in [0.05, 0.1) is 5.69 Å². The molecule has 1 aromatic rings. The van der Waals surface area contributed by atoms with Gasteiger partial charge in [0.2, 0.25) is 5.91 Å².